The van der Waals surface area contributed by atoms with Crippen LogP contribution in [-0.2, 0) is 30.7 Å². The Morgan fingerprint density at radius 3 is 2.29 bits per heavy atom. The summed E-state index contributed by atoms with van der Waals surface area (Å²) in [6, 6.07) is 32.7. The van der Waals surface area contributed by atoms with E-state index in [4.69, 9.17) is 0 Å². The first-order valence-electron chi connectivity index (χ1n) is 9.01. The third kappa shape index (κ3) is 6.05. The molecule has 0 fully saturated rings. The van der Waals surface area contributed by atoms with E-state index in [1.54, 1.807) is 24.2 Å². The molecular weight excluding hydrogens is 462 g/mol. The Bertz CT molecular complexity index is 958. The molecule has 0 spiro atoms. The number of hydrogen-bond acceptors (Lipinski definition) is 0. The Morgan fingerprint density at radius 1 is 0.929 bits per heavy atom. The smallest absolute Gasteiger partial charge is 0.0246 e. The Kier molecular flexibility index (Phi) is 11.4. The fourth-order valence-corrected chi connectivity index (χ4v) is 3.14. The van der Waals surface area contributed by atoms with Crippen LogP contribution in [0.25, 0.3) is 21.9 Å². The van der Waals surface area contributed by atoms with E-state index in [-0.39, 0.29) is 24.8 Å². The van der Waals surface area contributed by atoms with E-state index in [0.29, 0.717) is 0 Å². The molecule has 0 bridgehead atoms. The van der Waals surface area contributed by atoms with Crippen LogP contribution in [0.3, 0.4) is 0 Å². The normalized spacial score (nSPS) is 9.96. The molecule has 0 unspecified atom stereocenters. The van der Waals surface area contributed by atoms with Gasteiger partial charge < -0.3 is 24.8 Å². The molecular formula is C25H22Cl2Zr-2. The molecule has 3 heteroatoms. The van der Waals surface area contributed by atoms with E-state index in [9.17, 15) is 0 Å². The van der Waals surface area contributed by atoms with E-state index >= 15 is 0 Å². The van der Waals surface area contributed by atoms with Crippen molar-refractivity contribution in [3.63, 3.8) is 0 Å². The van der Waals surface area contributed by atoms with Crippen LogP contribution in [0.5, 0.6) is 0 Å². The predicted octanol–water partition coefficient (Wildman–Crippen LogP) is 0.370. The summed E-state index contributed by atoms with van der Waals surface area (Å²) in [5, 5.41) is 2.57. The average Bonchev–Trinajstić information content (AvgIpc) is 3.39. The molecule has 0 saturated heterocycles. The van der Waals surface area contributed by atoms with Crippen LogP contribution in [0.15, 0.2) is 84.9 Å². The number of benzene rings is 3. The molecule has 142 valence electrons. The van der Waals surface area contributed by atoms with Gasteiger partial charge in [0.2, 0.25) is 0 Å². The van der Waals surface area contributed by atoms with Crippen molar-refractivity contribution < 1.29 is 49.0 Å². The van der Waals surface area contributed by atoms with Crippen molar-refractivity contribution in [2.75, 3.05) is 0 Å². The number of rotatable bonds is 1. The quantitative estimate of drug-likeness (QED) is 0.302. The van der Waals surface area contributed by atoms with E-state index in [2.05, 4.69) is 65.2 Å². The van der Waals surface area contributed by atoms with Crippen molar-refractivity contribution in [1.29, 1.82) is 0 Å². The van der Waals surface area contributed by atoms with Gasteiger partial charge in [-0.15, -0.1) is 40.6 Å². The Hall–Kier alpha value is -1.40. The summed E-state index contributed by atoms with van der Waals surface area (Å²) in [6.45, 7) is 2.15. The number of halogens is 2. The Balaban J connectivity index is 0.000000302. The fourth-order valence-electron chi connectivity index (χ4n) is 3.14. The van der Waals surface area contributed by atoms with Gasteiger partial charge in [0.25, 0.3) is 0 Å². The van der Waals surface area contributed by atoms with Gasteiger partial charge in [0.15, 0.2) is 0 Å². The van der Waals surface area contributed by atoms with Crippen molar-refractivity contribution >= 4 is 14.5 Å². The third-order valence-corrected chi connectivity index (χ3v) is 5.38. The topological polar surface area (TPSA) is 0 Å². The van der Waals surface area contributed by atoms with E-state index in [1.807, 2.05) is 36.4 Å². The average molecular weight is 485 g/mol. The summed E-state index contributed by atoms with van der Waals surface area (Å²) < 4.78 is 2.22. The molecule has 1 aliphatic carbocycles. The zero-order valence-electron chi connectivity index (χ0n) is 15.8. The fraction of sp³-hybridized carbons (Fsp3) is 0.120. The van der Waals surface area contributed by atoms with Crippen LogP contribution in [0, 0.1) is 6.07 Å². The molecule has 0 aliphatic heterocycles. The molecule has 5 rings (SSSR count). The van der Waals surface area contributed by atoms with Crippen LogP contribution < -0.4 is 24.8 Å². The minimum absolute atomic E-state index is 0. The maximum Gasteiger partial charge on any atom is -0.0246 e. The molecule has 0 heterocycles. The van der Waals surface area contributed by atoms with Crippen LogP contribution in [0.1, 0.15) is 24.5 Å². The minimum Gasteiger partial charge on any atom is -1.00 e. The predicted molar refractivity (Wildman–Crippen MR) is 109 cm³/mol. The van der Waals surface area contributed by atoms with Crippen LogP contribution >= 0.6 is 0 Å². The molecule has 4 aromatic rings. The van der Waals surface area contributed by atoms with Gasteiger partial charge >= 0.3 is 41.3 Å². The second-order valence-electron chi connectivity index (χ2n) is 6.13. The zero-order chi connectivity index (χ0) is 18.2. The van der Waals surface area contributed by atoms with Gasteiger partial charge in [0.05, 0.1) is 0 Å². The van der Waals surface area contributed by atoms with Crippen molar-refractivity contribution in [3.05, 3.63) is 102 Å². The van der Waals surface area contributed by atoms with Crippen LogP contribution in [-0.4, -0.2) is 3.71 Å². The minimum atomic E-state index is 0. The molecule has 0 radical (unpaired) electrons. The van der Waals surface area contributed by atoms with Crippen LogP contribution in [0.4, 0.5) is 0 Å². The van der Waals surface area contributed by atoms with E-state index in [1.165, 1.54) is 39.4 Å². The summed E-state index contributed by atoms with van der Waals surface area (Å²) in [5.74, 6) is 0. The summed E-state index contributed by atoms with van der Waals surface area (Å²) in [7, 11) is 0. The molecule has 0 atom stereocenters. The molecule has 28 heavy (non-hydrogen) atoms. The molecule has 0 aromatic heterocycles. The maximum absolute atomic E-state index is 3.39. The van der Waals surface area contributed by atoms with Gasteiger partial charge in [-0.3, -0.25) is 0 Å². The van der Waals surface area contributed by atoms with Gasteiger partial charge in [-0.2, -0.15) is 18.2 Å². The van der Waals surface area contributed by atoms with Crippen molar-refractivity contribution in [2.45, 2.75) is 19.8 Å². The monoisotopic (exact) mass is 482 g/mol. The van der Waals surface area contributed by atoms with E-state index < -0.39 is 0 Å². The SMILES string of the molecule is CC[CH]=[Zr+2].[Cl-].[Cl-].[c-]1cccc2ccc3c(c12)Cc1ccccc1-3.c1cc[cH-]c1. The maximum atomic E-state index is 3.39. The molecule has 0 amide bonds. The van der Waals surface area contributed by atoms with Gasteiger partial charge in [-0.05, 0) is 17.5 Å². The molecule has 1 aliphatic rings. The summed E-state index contributed by atoms with van der Waals surface area (Å²) in [5.41, 5.74) is 5.65. The van der Waals surface area contributed by atoms with Gasteiger partial charge in [0, 0.05) is 0 Å². The van der Waals surface area contributed by atoms with Crippen molar-refractivity contribution in [1.82, 2.24) is 0 Å². The standard InChI is InChI=1S/C17H11.C5H5.C3H6.2ClH.Zr/c1-3-7-14-12(5-1)9-10-16-15-8-4-2-6-13(15)11-17(14)16;1-2-4-5-3-1;1-3-2;;;/h1-6,8-10H,11H2;1-5H;1H,3H2,2H3;2*1H;/q2*-1;;;;+2/p-2. The van der Waals surface area contributed by atoms with Gasteiger partial charge in [0.1, 0.15) is 0 Å². The Labute approximate surface area is 195 Å². The summed E-state index contributed by atoms with van der Waals surface area (Å²) >= 11 is 1.54. The second-order valence-corrected chi connectivity index (χ2v) is 7.14. The first-order valence-corrected chi connectivity index (χ1v) is 10.4. The van der Waals surface area contributed by atoms with Crippen LogP contribution in [0.2, 0.25) is 0 Å². The third-order valence-electron chi connectivity index (χ3n) is 4.38. The Morgan fingerprint density at radius 2 is 1.64 bits per heavy atom. The molecule has 0 nitrogen and oxygen atoms in total. The summed E-state index contributed by atoms with van der Waals surface area (Å²) in [6.07, 6.45) is 2.28. The first-order chi connectivity index (χ1) is 12.8. The van der Waals surface area contributed by atoms with Gasteiger partial charge in [-0.1, -0.05) is 42.0 Å². The molecule has 0 N–H and O–H groups in total. The number of hydrogen-bond donors (Lipinski definition) is 0. The van der Waals surface area contributed by atoms with Gasteiger partial charge in [-0.25, -0.2) is 12.1 Å². The molecule has 4 aromatic carbocycles. The van der Waals surface area contributed by atoms with E-state index in [0.717, 1.165) is 6.42 Å². The van der Waals surface area contributed by atoms with Crippen molar-refractivity contribution in [3.8, 4) is 11.1 Å². The first kappa shape index (κ1) is 24.6. The zero-order valence-corrected chi connectivity index (χ0v) is 19.8. The number of fused-ring (bicyclic) bond motifs is 5. The van der Waals surface area contributed by atoms with Crippen molar-refractivity contribution in [2.24, 2.45) is 0 Å². The second kappa shape index (κ2) is 12.9. The molecule has 0 saturated carbocycles. The summed E-state index contributed by atoms with van der Waals surface area (Å²) in [4.78, 5) is 0. The largest absolute Gasteiger partial charge is 1.00 e.